The van der Waals surface area contributed by atoms with Gasteiger partial charge in [-0.2, -0.15) is 0 Å². The van der Waals surface area contributed by atoms with Gasteiger partial charge in [0.15, 0.2) is 11.7 Å². The molecule has 0 spiro atoms. The van der Waals surface area contributed by atoms with E-state index in [0.29, 0.717) is 18.2 Å². The lowest BCUT2D eigenvalue weighted by atomic mass is 10.2. The van der Waals surface area contributed by atoms with Gasteiger partial charge >= 0.3 is 0 Å². The maximum Gasteiger partial charge on any atom is 0.264 e. The van der Waals surface area contributed by atoms with Gasteiger partial charge in [-0.3, -0.25) is 4.31 Å². The fourth-order valence-corrected chi connectivity index (χ4v) is 4.75. The third-order valence-electron chi connectivity index (χ3n) is 4.59. The van der Waals surface area contributed by atoms with E-state index in [9.17, 15) is 8.42 Å². The number of aromatic nitrogens is 1. The Balaban J connectivity index is 1.62. The number of rotatable bonds is 5. The molecule has 0 unspecified atom stereocenters. The Kier molecular flexibility index (Phi) is 4.28. The zero-order chi connectivity index (χ0) is 18.1. The number of anilines is 1. The van der Waals surface area contributed by atoms with E-state index in [4.69, 9.17) is 4.42 Å². The van der Waals surface area contributed by atoms with Crippen molar-refractivity contribution in [1.82, 2.24) is 4.98 Å². The molecule has 3 aromatic rings. The lowest BCUT2D eigenvalue weighted by molar-refractivity contribution is 0.503. The van der Waals surface area contributed by atoms with Crippen LogP contribution in [-0.2, 0) is 22.9 Å². The number of benzene rings is 2. The third kappa shape index (κ3) is 2.90. The smallest absolute Gasteiger partial charge is 0.264 e. The molecule has 1 aromatic heterocycles. The summed E-state index contributed by atoms with van der Waals surface area (Å²) in [5, 5.41) is 0. The summed E-state index contributed by atoms with van der Waals surface area (Å²) in [4.78, 5) is 4.53. The van der Waals surface area contributed by atoms with Crippen molar-refractivity contribution in [3.63, 3.8) is 0 Å². The third-order valence-corrected chi connectivity index (χ3v) is 6.42. The van der Waals surface area contributed by atoms with E-state index in [-0.39, 0.29) is 4.90 Å². The molecule has 6 heteroatoms. The molecule has 0 radical (unpaired) electrons. The number of para-hydroxylation sites is 1. The Morgan fingerprint density at radius 1 is 1.12 bits per heavy atom. The standard InChI is InChI=1S/C20H20N2O3S/c1-2-5-20-21-14-19(25-20)16-8-10-17(11-9-16)26(23,24)22-13-12-15-6-3-4-7-18(15)22/h3-4,6-11,14H,2,5,12-13H2,1H3. The first-order valence-electron chi connectivity index (χ1n) is 8.75. The monoisotopic (exact) mass is 368 g/mol. The number of nitrogens with zero attached hydrogens (tertiary/aromatic N) is 2. The zero-order valence-electron chi connectivity index (χ0n) is 14.6. The highest BCUT2D eigenvalue weighted by Crippen LogP contribution is 2.33. The molecule has 0 bridgehead atoms. The molecular formula is C20H20N2O3S. The van der Waals surface area contributed by atoms with Gasteiger partial charge in [-0.1, -0.05) is 25.1 Å². The molecule has 2 heterocycles. The van der Waals surface area contributed by atoms with Crippen LogP contribution in [0.4, 0.5) is 5.69 Å². The lowest BCUT2D eigenvalue weighted by Crippen LogP contribution is -2.29. The molecule has 0 atom stereocenters. The van der Waals surface area contributed by atoms with Crippen molar-refractivity contribution in [3.8, 4) is 11.3 Å². The first-order valence-corrected chi connectivity index (χ1v) is 10.2. The van der Waals surface area contributed by atoms with Crippen LogP contribution < -0.4 is 4.31 Å². The SMILES string of the molecule is CCCc1ncc(-c2ccc(S(=O)(=O)N3CCc4ccccc43)cc2)o1. The van der Waals surface area contributed by atoms with E-state index in [1.807, 2.05) is 24.3 Å². The summed E-state index contributed by atoms with van der Waals surface area (Å²) in [6.45, 7) is 2.55. The van der Waals surface area contributed by atoms with E-state index in [1.54, 1.807) is 30.5 Å². The van der Waals surface area contributed by atoms with E-state index >= 15 is 0 Å². The minimum absolute atomic E-state index is 0.284. The average Bonchev–Trinajstić information content (AvgIpc) is 3.29. The van der Waals surface area contributed by atoms with Crippen LogP contribution in [0.25, 0.3) is 11.3 Å². The van der Waals surface area contributed by atoms with Crippen LogP contribution in [0, 0.1) is 0 Å². The van der Waals surface area contributed by atoms with Gasteiger partial charge in [0.2, 0.25) is 0 Å². The molecule has 1 aliphatic heterocycles. The Bertz CT molecular complexity index is 1020. The Morgan fingerprint density at radius 2 is 1.88 bits per heavy atom. The van der Waals surface area contributed by atoms with E-state index in [1.165, 1.54) is 4.31 Å². The molecule has 0 aliphatic carbocycles. The van der Waals surface area contributed by atoms with Crippen molar-refractivity contribution in [2.45, 2.75) is 31.1 Å². The van der Waals surface area contributed by atoms with Crippen molar-refractivity contribution in [2.24, 2.45) is 0 Å². The van der Waals surface area contributed by atoms with Crippen molar-refractivity contribution in [1.29, 1.82) is 0 Å². The highest BCUT2D eigenvalue weighted by molar-refractivity contribution is 7.92. The van der Waals surface area contributed by atoms with Gasteiger partial charge in [0, 0.05) is 18.5 Å². The minimum Gasteiger partial charge on any atom is -0.441 e. The van der Waals surface area contributed by atoms with E-state index in [2.05, 4.69) is 11.9 Å². The summed E-state index contributed by atoms with van der Waals surface area (Å²) in [7, 11) is -3.57. The maximum absolute atomic E-state index is 13.0. The molecule has 1 aliphatic rings. The molecule has 2 aromatic carbocycles. The fraction of sp³-hybridized carbons (Fsp3) is 0.250. The van der Waals surface area contributed by atoms with Crippen LogP contribution in [0.15, 0.2) is 64.0 Å². The summed E-state index contributed by atoms with van der Waals surface area (Å²) >= 11 is 0. The lowest BCUT2D eigenvalue weighted by Gasteiger charge is -2.19. The van der Waals surface area contributed by atoms with Crippen molar-refractivity contribution >= 4 is 15.7 Å². The molecule has 5 nitrogen and oxygen atoms in total. The minimum atomic E-state index is -3.57. The van der Waals surface area contributed by atoms with E-state index < -0.39 is 10.0 Å². The molecule has 4 rings (SSSR count). The van der Waals surface area contributed by atoms with Gasteiger partial charge in [-0.15, -0.1) is 0 Å². The van der Waals surface area contributed by atoms with Gasteiger partial charge < -0.3 is 4.42 Å². The van der Waals surface area contributed by atoms with Gasteiger partial charge in [0.25, 0.3) is 10.0 Å². The van der Waals surface area contributed by atoms with Gasteiger partial charge in [0.1, 0.15) is 0 Å². The number of oxazole rings is 1. The van der Waals surface area contributed by atoms with Gasteiger partial charge in [-0.25, -0.2) is 13.4 Å². The molecule has 0 saturated carbocycles. The highest BCUT2D eigenvalue weighted by atomic mass is 32.2. The fourth-order valence-electron chi connectivity index (χ4n) is 3.25. The van der Waals surface area contributed by atoms with Crippen LogP contribution >= 0.6 is 0 Å². The van der Waals surface area contributed by atoms with Crippen LogP contribution in [0.5, 0.6) is 0 Å². The Hall–Kier alpha value is -2.60. The number of aryl methyl sites for hydroxylation is 1. The second-order valence-corrected chi connectivity index (χ2v) is 8.21. The molecule has 0 fully saturated rings. The summed E-state index contributed by atoms with van der Waals surface area (Å²) in [5.74, 6) is 1.36. The van der Waals surface area contributed by atoms with Gasteiger partial charge in [-0.05, 0) is 48.7 Å². The zero-order valence-corrected chi connectivity index (χ0v) is 15.4. The Labute approximate surface area is 153 Å². The van der Waals surface area contributed by atoms with Crippen molar-refractivity contribution in [3.05, 3.63) is 66.2 Å². The number of fused-ring (bicyclic) bond motifs is 1. The predicted molar refractivity (Wildman–Crippen MR) is 101 cm³/mol. The van der Waals surface area contributed by atoms with Crippen LogP contribution in [0.2, 0.25) is 0 Å². The topological polar surface area (TPSA) is 63.4 Å². The van der Waals surface area contributed by atoms with Crippen molar-refractivity contribution in [2.75, 3.05) is 10.8 Å². The first-order chi connectivity index (χ1) is 12.6. The predicted octanol–water partition coefficient (Wildman–Crippen LogP) is 4.05. The summed E-state index contributed by atoms with van der Waals surface area (Å²) in [5.41, 5.74) is 2.66. The van der Waals surface area contributed by atoms with E-state index in [0.717, 1.165) is 36.1 Å². The average molecular weight is 368 g/mol. The first kappa shape index (κ1) is 16.8. The van der Waals surface area contributed by atoms with Crippen LogP contribution in [0.1, 0.15) is 24.8 Å². The Morgan fingerprint density at radius 3 is 2.65 bits per heavy atom. The summed E-state index contributed by atoms with van der Waals surface area (Å²) < 4.78 is 33.3. The summed E-state index contributed by atoms with van der Waals surface area (Å²) in [6.07, 6.45) is 4.19. The molecule has 26 heavy (non-hydrogen) atoms. The summed E-state index contributed by atoms with van der Waals surface area (Å²) in [6, 6.07) is 14.4. The normalized spacial score (nSPS) is 13.8. The second-order valence-electron chi connectivity index (χ2n) is 6.35. The van der Waals surface area contributed by atoms with Crippen molar-refractivity contribution < 1.29 is 12.8 Å². The molecule has 0 N–H and O–H groups in total. The van der Waals surface area contributed by atoms with Gasteiger partial charge in [0.05, 0.1) is 16.8 Å². The van der Waals surface area contributed by atoms with Crippen LogP contribution in [-0.4, -0.2) is 19.9 Å². The maximum atomic E-state index is 13.0. The number of hydrogen-bond acceptors (Lipinski definition) is 4. The largest absolute Gasteiger partial charge is 0.441 e. The number of hydrogen-bond donors (Lipinski definition) is 0. The number of sulfonamides is 1. The highest BCUT2D eigenvalue weighted by Gasteiger charge is 2.30. The second kappa shape index (κ2) is 6.61. The molecular weight excluding hydrogens is 348 g/mol. The molecule has 0 amide bonds. The molecule has 134 valence electrons. The quantitative estimate of drug-likeness (QED) is 0.682. The molecule has 0 saturated heterocycles. The van der Waals surface area contributed by atoms with Crippen LogP contribution in [0.3, 0.4) is 0 Å².